The molecule has 2 nitrogen and oxygen atoms in total. The zero-order valence-corrected chi connectivity index (χ0v) is 11.0. The standard InChI is InChI=1S/C17H18N2/c1-2-8-14-13(5-1)11-19-17(14)15-9-3-6-12-7-4-10-18-16(12)15/h1-2,4-5,7-8,10,15,17,19H,3,6,9,11H2. The van der Waals surface area contributed by atoms with Crippen molar-refractivity contribution in [3.05, 3.63) is 65.0 Å². The Bertz CT molecular complexity index is 606. The van der Waals surface area contributed by atoms with E-state index in [4.69, 9.17) is 0 Å². The first-order chi connectivity index (χ1) is 9.43. The molecule has 0 bridgehead atoms. The maximum atomic E-state index is 4.68. The lowest BCUT2D eigenvalue weighted by Crippen LogP contribution is -2.24. The fourth-order valence-electron chi connectivity index (χ4n) is 3.66. The molecule has 0 fully saturated rings. The molecule has 2 heteroatoms. The predicted molar refractivity (Wildman–Crippen MR) is 75.9 cm³/mol. The SMILES string of the molecule is c1ccc2c(c1)CNC2C1CCCc2cccnc21. The zero-order chi connectivity index (χ0) is 12.7. The molecule has 0 radical (unpaired) electrons. The van der Waals surface area contributed by atoms with E-state index in [9.17, 15) is 0 Å². The Morgan fingerprint density at radius 2 is 1.95 bits per heavy atom. The number of aromatic nitrogens is 1. The number of pyridine rings is 1. The number of nitrogens with one attached hydrogen (secondary N) is 1. The minimum Gasteiger partial charge on any atom is -0.305 e. The van der Waals surface area contributed by atoms with E-state index < -0.39 is 0 Å². The van der Waals surface area contributed by atoms with Gasteiger partial charge in [-0.15, -0.1) is 0 Å². The smallest absolute Gasteiger partial charge is 0.0485 e. The molecule has 19 heavy (non-hydrogen) atoms. The second-order valence-electron chi connectivity index (χ2n) is 5.60. The largest absolute Gasteiger partial charge is 0.305 e. The highest BCUT2D eigenvalue weighted by atomic mass is 15.0. The summed E-state index contributed by atoms with van der Waals surface area (Å²) >= 11 is 0. The van der Waals surface area contributed by atoms with Crippen LogP contribution in [0.3, 0.4) is 0 Å². The average Bonchev–Trinajstić information content (AvgIpc) is 2.90. The van der Waals surface area contributed by atoms with Crippen molar-refractivity contribution in [1.82, 2.24) is 10.3 Å². The Hall–Kier alpha value is -1.67. The van der Waals surface area contributed by atoms with E-state index in [1.54, 1.807) is 0 Å². The van der Waals surface area contributed by atoms with Crippen molar-refractivity contribution in [2.45, 2.75) is 37.8 Å². The minimum atomic E-state index is 0.449. The summed E-state index contributed by atoms with van der Waals surface area (Å²) in [5, 5.41) is 3.69. The third-order valence-electron chi connectivity index (χ3n) is 4.54. The van der Waals surface area contributed by atoms with Crippen LogP contribution in [0, 0.1) is 0 Å². The molecule has 1 aromatic heterocycles. The van der Waals surface area contributed by atoms with Gasteiger partial charge in [0.15, 0.2) is 0 Å². The normalized spacial score (nSPS) is 24.8. The molecule has 1 aliphatic heterocycles. The van der Waals surface area contributed by atoms with Gasteiger partial charge in [0.1, 0.15) is 0 Å². The van der Waals surface area contributed by atoms with Gasteiger partial charge in [0.2, 0.25) is 0 Å². The molecule has 2 unspecified atom stereocenters. The summed E-state index contributed by atoms with van der Waals surface area (Å²) in [7, 11) is 0. The van der Waals surface area contributed by atoms with Gasteiger partial charge < -0.3 is 5.32 Å². The first kappa shape index (κ1) is 11.2. The van der Waals surface area contributed by atoms with Crippen LogP contribution in [-0.2, 0) is 13.0 Å². The van der Waals surface area contributed by atoms with Crippen LogP contribution in [0.15, 0.2) is 42.6 Å². The Balaban J connectivity index is 1.76. The van der Waals surface area contributed by atoms with Crippen molar-refractivity contribution in [1.29, 1.82) is 0 Å². The Morgan fingerprint density at radius 3 is 2.95 bits per heavy atom. The van der Waals surface area contributed by atoms with Crippen molar-refractivity contribution in [3.63, 3.8) is 0 Å². The Morgan fingerprint density at radius 1 is 1.05 bits per heavy atom. The van der Waals surface area contributed by atoms with E-state index in [-0.39, 0.29) is 0 Å². The molecule has 96 valence electrons. The number of aryl methyl sites for hydroxylation is 1. The van der Waals surface area contributed by atoms with E-state index in [1.165, 1.54) is 41.6 Å². The molecule has 1 N–H and O–H groups in total. The fraction of sp³-hybridized carbons (Fsp3) is 0.353. The minimum absolute atomic E-state index is 0.449. The summed E-state index contributed by atoms with van der Waals surface area (Å²) in [5.41, 5.74) is 5.70. The van der Waals surface area contributed by atoms with E-state index in [0.29, 0.717) is 12.0 Å². The van der Waals surface area contributed by atoms with Gasteiger partial charge in [-0.25, -0.2) is 0 Å². The van der Waals surface area contributed by atoms with E-state index in [0.717, 1.165) is 6.54 Å². The summed E-state index contributed by atoms with van der Waals surface area (Å²) in [6.07, 6.45) is 5.66. The molecule has 0 saturated carbocycles. The molecule has 2 aliphatic rings. The highest BCUT2D eigenvalue weighted by molar-refractivity contribution is 5.38. The third-order valence-corrected chi connectivity index (χ3v) is 4.54. The molecule has 0 amide bonds. The highest BCUT2D eigenvalue weighted by Gasteiger charge is 2.33. The zero-order valence-electron chi connectivity index (χ0n) is 11.0. The molecular weight excluding hydrogens is 232 g/mol. The van der Waals surface area contributed by atoms with Crippen LogP contribution in [0.1, 0.15) is 47.2 Å². The second kappa shape index (κ2) is 4.46. The van der Waals surface area contributed by atoms with Gasteiger partial charge in [-0.3, -0.25) is 4.98 Å². The van der Waals surface area contributed by atoms with Crippen LogP contribution in [0.2, 0.25) is 0 Å². The molecule has 4 rings (SSSR count). The summed E-state index contributed by atoms with van der Waals surface area (Å²) < 4.78 is 0. The molecule has 1 aromatic carbocycles. The predicted octanol–water partition coefficient (Wildman–Crippen LogP) is 3.35. The molecule has 1 aliphatic carbocycles. The monoisotopic (exact) mass is 250 g/mol. The van der Waals surface area contributed by atoms with Crippen LogP contribution in [-0.4, -0.2) is 4.98 Å². The van der Waals surface area contributed by atoms with Crippen LogP contribution in [0.25, 0.3) is 0 Å². The first-order valence-corrected chi connectivity index (χ1v) is 7.18. The fourth-order valence-corrected chi connectivity index (χ4v) is 3.66. The molecule has 0 saturated heterocycles. The number of benzene rings is 1. The van der Waals surface area contributed by atoms with Crippen molar-refractivity contribution < 1.29 is 0 Å². The molecule has 2 atom stereocenters. The maximum absolute atomic E-state index is 4.68. The summed E-state index contributed by atoms with van der Waals surface area (Å²) in [6.45, 7) is 1.000. The van der Waals surface area contributed by atoms with E-state index in [2.05, 4.69) is 46.7 Å². The van der Waals surface area contributed by atoms with Gasteiger partial charge in [-0.05, 0) is 42.0 Å². The number of nitrogens with zero attached hydrogens (tertiary/aromatic N) is 1. The molecule has 2 heterocycles. The quantitative estimate of drug-likeness (QED) is 0.839. The second-order valence-corrected chi connectivity index (χ2v) is 5.60. The van der Waals surface area contributed by atoms with Gasteiger partial charge in [0.05, 0.1) is 0 Å². The molecular formula is C17H18N2. The van der Waals surface area contributed by atoms with Gasteiger partial charge in [-0.2, -0.15) is 0 Å². The van der Waals surface area contributed by atoms with Crippen molar-refractivity contribution in [3.8, 4) is 0 Å². The third kappa shape index (κ3) is 1.79. The summed E-state index contributed by atoms with van der Waals surface area (Å²) in [6, 6.07) is 13.6. The Labute approximate surface area is 113 Å². The van der Waals surface area contributed by atoms with E-state index >= 15 is 0 Å². The first-order valence-electron chi connectivity index (χ1n) is 7.18. The lowest BCUT2D eigenvalue weighted by molar-refractivity contribution is 0.415. The van der Waals surface area contributed by atoms with Crippen molar-refractivity contribution >= 4 is 0 Å². The van der Waals surface area contributed by atoms with Crippen LogP contribution in [0.5, 0.6) is 0 Å². The van der Waals surface area contributed by atoms with Crippen molar-refractivity contribution in [2.24, 2.45) is 0 Å². The maximum Gasteiger partial charge on any atom is 0.0485 e. The number of hydrogen-bond donors (Lipinski definition) is 1. The molecule has 2 aromatic rings. The lowest BCUT2D eigenvalue weighted by atomic mass is 9.80. The van der Waals surface area contributed by atoms with Crippen LogP contribution < -0.4 is 5.32 Å². The van der Waals surface area contributed by atoms with Gasteiger partial charge in [0.25, 0.3) is 0 Å². The number of hydrogen-bond acceptors (Lipinski definition) is 2. The summed E-state index contributed by atoms with van der Waals surface area (Å²) in [4.78, 5) is 4.68. The lowest BCUT2D eigenvalue weighted by Gasteiger charge is -2.29. The van der Waals surface area contributed by atoms with Gasteiger partial charge in [0, 0.05) is 30.4 Å². The van der Waals surface area contributed by atoms with Crippen LogP contribution >= 0.6 is 0 Å². The van der Waals surface area contributed by atoms with Gasteiger partial charge in [-0.1, -0.05) is 30.3 Å². The average molecular weight is 250 g/mol. The number of rotatable bonds is 1. The molecule has 0 spiro atoms. The van der Waals surface area contributed by atoms with Crippen LogP contribution in [0.4, 0.5) is 0 Å². The summed E-state index contributed by atoms with van der Waals surface area (Å²) in [5.74, 6) is 0.536. The highest BCUT2D eigenvalue weighted by Crippen LogP contribution is 2.42. The topological polar surface area (TPSA) is 24.9 Å². The van der Waals surface area contributed by atoms with Gasteiger partial charge >= 0.3 is 0 Å². The Kier molecular flexibility index (Phi) is 2.63. The van der Waals surface area contributed by atoms with Crippen molar-refractivity contribution in [2.75, 3.05) is 0 Å². The van der Waals surface area contributed by atoms with E-state index in [1.807, 2.05) is 6.20 Å². The number of fused-ring (bicyclic) bond motifs is 2.